The third kappa shape index (κ3) is 1.84. The van der Waals surface area contributed by atoms with Crippen molar-refractivity contribution in [2.24, 2.45) is 15.8 Å². The van der Waals surface area contributed by atoms with Gasteiger partial charge >= 0.3 is 0 Å². The predicted octanol–water partition coefficient (Wildman–Crippen LogP) is 1.99. The predicted molar refractivity (Wildman–Crippen MR) is 72.9 cm³/mol. The number of benzene rings is 2. The van der Waals surface area contributed by atoms with Crippen LogP contribution in [-0.2, 0) is 0 Å². The molecule has 1 aliphatic rings. The number of guanidine groups is 1. The number of nitrogens with one attached hydrogen (secondary N) is 1. The van der Waals surface area contributed by atoms with Crippen LogP contribution >= 0.6 is 0 Å². The van der Waals surface area contributed by atoms with Gasteiger partial charge in [0.1, 0.15) is 5.71 Å². The first-order valence-corrected chi connectivity index (χ1v) is 5.67. The van der Waals surface area contributed by atoms with Gasteiger partial charge in [0.2, 0.25) is 5.96 Å². The Balaban J connectivity index is 2.19. The Morgan fingerprint density at radius 3 is 2.44 bits per heavy atom. The van der Waals surface area contributed by atoms with Crippen molar-refractivity contribution in [1.29, 1.82) is 0 Å². The molecule has 3 N–H and O–H groups in total. The van der Waals surface area contributed by atoms with Crippen molar-refractivity contribution in [1.82, 2.24) is 5.43 Å². The molecule has 0 saturated carbocycles. The maximum Gasteiger partial charge on any atom is 0.214 e. The fourth-order valence-corrected chi connectivity index (χ4v) is 1.92. The van der Waals surface area contributed by atoms with E-state index in [0.717, 1.165) is 22.5 Å². The van der Waals surface area contributed by atoms with E-state index in [0.29, 0.717) is 5.96 Å². The Kier molecular flexibility index (Phi) is 2.53. The minimum absolute atomic E-state index is 0.299. The van der Waals surface area contributed by atoms with Gasteiger partial charge < -0.3 is 5.73 Å². The molecular formula is C14H12N4. The first kappa shape index (κ1) is 10.5. The molecule has 0 aliphatic carbocycles. The summed E-state index contributed by atoms with van der Waals surface area (Å²) >= 11 is 0. The van der Waals surface area contributed by atoms with Crippen molar-refractivity contribution in [3.05, 3.63) is 65.7 Å². The second kappa shape index (κ2) is 4.33. The summed E-state index contributed by atoms with van der Waals surface area (Å²) in [5, 5.41) is 4.33. The first-order chi connectivity index (χ1) is 8.84. The summed E-state index contributed by atoms with van der Waals surface area (Å²) in [5.41, 5.74) is 12.1. The Morgan fingerprint density at radius 1 is 0.889 bits per heavy atom. The highest BCUT2D eigenvalue weighted by Gasteiger charge is 2.14. The molecule has 3 rings (SSSR count). The van der Waals surface area contributed by atoms with Crippen molar-refractivity contribution >= 4 is 17.4 Å². The van der Waals surface area contributed by atoms with E-state index in [1.807, 2.05) is 54.6 Å². The van der Waals surface area contributed by atoms with Crippen LogP contribution in [0.2, 0.25) is 0 Å². The lowest BCUT2D eigenvalue weighted by Gasteiger charge is -2.06. The summed E-state index contributed by atoms with van der Waals surface area (Å²) in [7, 11) is 0. The number of rotatable bonds is 1. The van der Waals surface area contributed by atoms with Crippen LogP contribution in [0.3, 0.4) is 0 Å². The number of nitrogens with two attached hydrogens (primary N) is 1. The van der Waals surface area contributed by atoms with Crippen LogP contribution in [-0.4, -0.2) is 11.7 Å². The number of hydrogen-bond donors (Lipinski definition) is 2. The van der Waals surface area contributed by atoms with Gasteiger partial charge in [-0.15, -0.1) is 0 Å². The summed E-state index contributed by atoms with van der Waals surface area (Å²) < 4.78 is 0. The van der Waals surface area contributed by atoms with Crippen molar-refractivity contribution in [2.45, 2.75) is 0 Å². The van der Waals surface area contributed by atoms with E-state index in [-0.39, 0.29) is 0 Å². The van der Waals surface area contributed by atoms with Gasteiger partial charge in [-0.25, -0.2) is 10.4 Å². The quantitative estimate of drug-likeness (QED) is 0.795. The van der Waals surface area contributed by atoms with Crippen molar-refractivity contribution in [2.75, 3.05) is 0 Å². The third-order valence-corrected chi connectivity index (χ3v) is 2.73. The number of fused-ring (bicyclic) bond motifs is 1. The minimum Gasteiger partial charge on any atom is -0.368 e. The molecule has 2 aromatic rings. The summed E-state index contributed by atoms with van der Waals surface area (Å²) in [5.74, 6) is 0.299. The lowest BCUT2D eigenvalue weighted by Crippen LogP contribution is -2.26. The van der Waals surface area contributed by atoms with Crippen molar-refractivity contribution in [3.8, 4) is 0 Å². The number of hydrazone groups is 1. The Morgan fingerprint density at radius 2 is 1.61 bits per heavy atom. The van der Waals surface area contributed by atoms with Gasteiger partial charge in [0.15, 0.2) is 0 Å². The molecule has 2 aromatic carbocycles. The van der Waals surface area contributed by atoms with Crippen LogP contribution in [0.4, 0.5) is 5.69 Å². The van der Waals surface area contributed by atoms with Gasteiger partial charge in [-0.1, -0.05) is 48.5 Å². The minimum atomic E-state index is 0.299. The van der Waals surface area contributed by atoms with Gasteiger partial charge in [-0.2, -0.15) is 5.10 Å². The topological polar surface area (TPSA) is 62.8 Å². The van der Waals surface area contributed by atoms with E-state index >= 15 is 0 Å². The molecule has 0 unspecified atom stereocenters. The molecule has 18 heavy (non-hydrogen) atoms. The third-order valence-electron chi connectivity index (χ3n) is 2.73. The van der Waals surface area contributed by atoms with Crippen LogP contribution in [0.1, 0.15) is 11.1 Å². The Labute approximate surface area is 105 Å². The normalized spacial score (nSPS) is 13.8. The zero-order valence-electron chi connectivity index (χ0n) is 9.67. The average Bonchev–Trinajstić information content (AvgIpc) is 2.58. The Bertz CT molecular complexity index is 629. The molecule has 0 aromatic heterocycles. The average molecular weight is 236 g/mol. The van der Waals surface area contributed by atoms with E-state index in [1.54, 1.807) is 0 Å². The van der Waals surface area contributed by atoms with E-state index in [1.165, 1.54) is 0 Å². The van der Waals surface area contributed by atoms with Gasteiger partial charge in [0.25, 0.3) is 0 Å². The molecule has 0 spiro atoms. The molecule has 4 heteroatoms. The molecular weight excluding hydrogens is 224 g/mol. The molecule has 1 aliphatic heterocycles. The number of hydrogen-bond acceptors (Lipinski definition) is 4. The van der Waals surface area contributed by atoms with Crippen molar-refractivity contribution in [3.63, 3.8) is 0 Å². The maximum absolute atomic E-state index is 5.72. The van der Waals surface area contributed by atoms with Crippen LogP contribution in [0.5, 0.6) is 0 Å². The lowest BCUT2D eigenvalue weighted by molar-refractivity contribution is 1.01. The summed E-state index contributed by atoms with van der Waals surface area (Å²) in [6.45, 7) is 0. The second-order valence-electron chi connectivity index (χ2n) is 3.95. The van der Waals surface area contributed by atoms with E-state index in [2.05, 4.69) is 15.5 Å². The zero-order valence-corrected chi connectivity index (χ0v) is 9.67. The molecule has 0 fully saturated rings. The summed E-state index contributed by atoms with van der Waals surface area (Å²) in [6.07, 6.45) is 0. The van der Waals surface area contributed by atoms with Crippen LogP contribution in [0.25, 0.3) is 0 Å². The fraction of sp³-hybridized carbons (Fsp3) is 0. The van der Waals surface area contributed by atoms with Crippen LogP contribution < -0.4 is 11.2 Å². The number of para-hydroxylation sites is 1. The van der Waals surface area contributed by atoms with E-state index in [4.69, 9.17) is 5.73 Å². The SMILES string of the molecule is NC1=Nc2ccccc2C(c2ccccc2)=NN1. The Hall–Kier alpha value is -2.62. The summed E-state index contributed by atoms with van der Waals surface area (Å²) in [6, 6.07) is 17.8. The first-order valence-electron chi connectivity index (χ1n) is 5.67. The zero-order chi connectivity index (χ0) is 12.4. The number of aliphatic imine (C=N–C) groups is 1. The van der Waals surface area contributed by atoms with Crippen LogP contribution in [0, 0.1) is 0 Å². The van der Waals surface area contributed by atoms with Gasteiger partial charge in [-0.3, -0.25) is 0 Å². The molecule has 0 saturated heterocycles. The van der Waals surface area contributed by atoms with Gasteiger partial charge in [-0.05, 0) is 6.07 Å². The second-order valence-corrected chi connectivity index (χ2v) is 3.95. The standard InChI is InChI=1S/C14H12N4/c15-14-16-12-9-5-4-8-11(12)13(17-18-14)10-6-2-1-3-7-10/h1-9H,(H3,15,16,18). The molecule has 0 atom stereocenters. The largest absolute Gasteiger partial charge is 0.368 e. The van der Waals surface area contributed by atoms with Crippen molar-refractivity contribution < 1.29 is 0 Å². The van der Waals surface area contributed by atoms with Gasteiger partial charge in [0, 0.05) is 11.1 Å². The number of nitrogens with zero attached hydrogens (tertiary/aromatic N) is 2. The molecule has 1 heterocycles. The smallest absolute Gasteiger partial charge is 0.214 e. The molecule has 0 bridgehead atoms. The lowest BCUT2D eigenvalue weighted by atomic mass is 10.0. The fourth-order valence-electron chi connectivity index (χ4n) is 1.92. The molecule has 0 radical (unpaired) electrons. The monoisotopic (exact) mass is 236 g/mol. The highest BCUT2D eigenvalue weighted by atomic mass is 15.4. The van der Waals surface area contributed by atoms with Gasteiger partial charge in [0.05, 0.1) is 5.69 Å². The molecule has 4 nitrogen and oxygen atoms in total. The molecule has 88 valence electrons. The molecule has 0 amide bonds. The maximum atomic E-state index is 5.72. The highest BCUT2D eigenvalue weighted by Crippen LogP contribution is 2.23. The summed E-state index contributed by atoms with van der Waals surface area (Å²) in [4.78, 5) is 4.28. The van der Waals surface area contributed by atoms with E-state index < -0.39 is 0 Å². The van der Waals surface area contributed by atoms with Crippen LogP contribution in [0.15, 0.2) is 64.7 Å². The highest BCUT2D eigenvalue weighted by molar-refractivity contribution is 6.16. The van der Waals surface area contributed by atoms with E-state index in [9.17, 15) is 0 Å².